The number of unbranched alkanes of at least 4 members (excludes halogenated alkanes) is 9. The fourth-order valence-corrected chi connectivity index (χ4v) is 4.86. The Bertz CT molecular complexity index is 382. The average Bonchev–Trinajstić information content (AvgIpc) is 3.42. The Hall–Kier alpha value is -0.430. The fourth-order valence-electron chi connectivity index (χ4n) is 3.35. The van der Waals surface area contributed by atoms with E-state index in [0.717, 1.165) is 11.2 Å². The first-order chi connectivity index (χ1) is 11.4. The molecule has 1 saturated carbocycles. The number of hydrogen-bond acceptors (Lipinski definition) is 1. The first kappa shape index (κ1) is 18.9. The molecule has 1 heteroatoms. The van der Waals surface area contributed by atoms with E-state index < -0.39 is 0 Å². The van der Waals surface area contributed by atoms with Crippen molar-refractivity contribution in [3.05, 3.63) is 35.9 Å². The lowest BCUT2D eigenvalue weighted by Crippen LogP contribution is -1.98. The second kappa shape index (κ2) is 12.0. The van der Waals surface area contributed by atoms with Gasteiger partial charge in [-0.2, -0.15) is 11.8 Å². The number of benzene rings is 1. The molecule has 1 unspecified atom stereocenters. The molecule has 0 aromatic heterocycles. The van der Waals surface area contributed by atoms with E-state index in [9.17, 15) is 0 Å². The molecular weight excluding hydrogens is 296 g/mol. The van der Waals surface area contributed by atoms with Crippen molar-refractivity contribution in [2.45, 2.75) is 89.2 Å². The minimum absolute atomic E-state index is 0.773. The van der Waals surface area contributed by atoms with Gasteiger partial charge in [-0.25, -0.2) is 0 Å². The van der Waals surface area contributed by atoms with Crippen LogP contribution < -0.4 is 0 Å². The van der Waals surface area contributed by atoms with Crippen LogP contribution in [0.3, 0.4) is 0 Å². The van der Waals surface area contributed by atoms with Gasteiger partial charge in [-0.05, 0) is 36.5 Å². The minimum Gasteiger partial charge on any atom is -0.153 e. The molecule has 0 spiro atoms. The van der Waals surface area contributed by atoms with E-state index >= 15 is 0 Å². The van der Waals surface area contributed by atoms with Gasteiger partial charge in [0, 0.05) is 5.25 Å². The summed E-state index contributed by atoms with van der Waals surface area (Å²) in [7, 11) is 0. The van der Waals surface area contributed by atoms with Gasteiger partial charge in [-0.1, -0.05) is 95.0 Å². The molecule has 1 aromatic carbocycles. The third-order valence-electron chi connectivity index (χ3n) is 4.97. The molecule has 0 heterocycles. The van der Waals surface area contributed by atoms with E-state index in [0.29, 0.717) is 0 Å². The summed E-state index contributed by atoms with van der Waals surface area (Å²) in [4.78, 5) is 0. The lowest BCUT2D eigenvalue weighted by atomic mass is 10.1. The summed E-state index contributed by atoms with van der Waals surface area (Å²) in [5.74, 6) is 2.32. The van der Waals surface area contributed by atoms with Crippen LogP contribution in [0.15, 0.2) is 30.3 Å². The molecule has 0 saturated heterocycles. The zero-order valence-electron chi connectivity index (χ0n) is 15.1. The molecule has 0 bridgehead atoms. The van der Waals surface area contributed by atoms with Crippen molar-refractivity contribution in [2.24, 2.45) is 5.92 Å². The van der Waals surface area contributed by atoms with Gasteiger partial charge in [0.2, 0.25) is 0 Å². The maximum absolute atomic E-state index is 2.33. The molecule has 1 aromatic rings. The third kappa shape index (κ3) is 8.29. The topological polar surface area (TPSA) is 0 Å². The molecule has 2 rings (SSSR count). The van der Waals surface area contributed by atoms with Crippen LogP contribution in [0.1, 0.15) is 94.8 Å². The van der Waals surface area contributed by atoms with Crippen LogP contribution >= 0.6 is 11.8 Å². The van der Waals surface area contributed by atoms with Gasteiger partial charge >= 0.3 is 0 Å². The van der Waals surface area contributed by atoms with Crippen LogP contribution in [0.2, 0.25) is 0 Å². The predicted octanol–water partition coefficient (Wildman–Crippen LogP) is 7.79. The van der Waals surface area contributed by atoms with Gasteiger partial charge in [-0.3, -0.25) is 0 Å². The van der Waals surface area contributed by atoms with Gasteiger partial charge in [0.05, 0.1) is 0 Å². The predicted molar refractivity (Wildman–Crippen MR) is 106 cm³/mol. The van der Waals surface area contributed by atoms with E-state index in [1.54, 1.807) is 5.56 Å². The average molecular weight is 333 g/mol. The van der Waals surface area contributed by atoms with E-state index in [4.69, 9.17) is 0 Å². The monoisotopic (exact) mass is 332 g/mol. The van der Waals surface area contributed by atoms with Crippen LogP contribution in [0, 0.1) is 5.92 Å². The van der Waals surface area contributed by atoms with Crippen molar-refractivity contribution in [1.29, 1.82) is 0 Å². The summed E-state index contributed by atoms with van der Waals surface area (Å²) in [5, 5.41) is 0.773. The van der Waals surface area contributed by atoms with Crippen molar-refractivity contribution >= 4 is 11.8 Å². The van der Waals surface area contributed by atoms with Gasteiger partial charge < -0.3 is 0 Å². The molecule has 0 N–H and O–H groups in total. The molecule has 130 valence electrons. The number of thioether (sulfide) groups is 1. The summed E-state index contributed by atoms with van der Waals surface area (Å²) >= 11 is 2.22. The largest absolute Gasteiger partial charge is 0.153 e. The summed E-state index contributed by atoms with van der Waals surface area (Å²) in [6.45, 7) is 2.30. The highest BCUT2D eigenvalue weighted by molar-refractivity contribution is 7.99. The molecule has 0 radical (unpaired) electrons. The molecular formula is C22H36S. The van der Waals surface area contributed by atoms with Crippen molar-refractivity contribution in [1.82, 2.24) is 0 Å². The van der Waals surface area contributed by atoms with Crippen molar-refractivity contribution in [2.75, 3.05) is 5.75 Å². The van der Waals surface area contributed by atoms with Crippen molar-refractivity contribution in [3.63, 3.8) is 0 Å². The highest BCUT2D eigenvalue weighted by atomic mass is 32.2. The SMILES string of the molecule is CCCCCCCCCCCCSC(c1ccccc1)C1CC1. The molecule has 1 fully saturated rings. The Balaban J connectivity index is 1.47. The van der Waals surface area contributed by atoms with Gasteiger partial charge in [-0.15, -0.1) is 0 Å². The van der Waals surface area contributed by atoms with Gasteiger partial charge in [0.15, 0.2) is 0 Å². The Labute approximate surface area is 148 Å². The molecule has 0 nitrogen and oxygen atoms in total. The fraction of sp³-hybridized carbons (Fsp3) is 0.727. The van der Waals surface area contributed by atoms with E-state index in [1.165, 1.54) is 82.8 Å². The first-order valence-corrected chi connectivity index (χ1v) is 11.1. The maximum atomic E-state index is 2.33. The zero-order chi connectivity index (χ0) is 16.2. The van der Waals surface area contributed by atoms with Crippen molar-refractivity contribution in [3.8, 4) is 0 Å². The Morgan fingerprint density at radius 2 is 1.39 bits per heavy atom. The lowest BCUT2D eigenvalue weighted by Gasteiger charge is -2.16. The second-order valence-corrected chi connectivity index (χ2v) is 8.47. The summed E-state index contributed by atoms with van der Waals surface area (Å²) < 4.78 is 0. The van der Waals surface area contributed by atoms with Crippen LogP contribution in [0.25, 0.3) is 0 Å². The molecule has 23 heavy (non-hydrogen) atoms. The second-order valence-electron chi connectivity index (χ2n) is 7.22. The molecule has 0 aliphatic heterocycles. The van der Waals surface area contributed by atoms with Crippen molar-refractivity contribution < 1.29 is 0 Å². The minimum atomic E-state index is 0.773. The standard InChI is InChI=1S/C22H36S/c1-2-3-4-5-6-7-8-9-10-14-19-23-22(21-17-18-21)20-15-12-11-13-16-20/h11-13,15-16,21-22H,2-10,14,17-19H2,1H3. The first-order valence-electron chi connectivity index (χ1n) is 10.1. The van der Waals surface area contributed by atoms with Gasteiger partial charge in [0.1, 0.15) is 0 Å². The van der Waals surface area contributed by atoms with Crippen LogP contribution in [-0.2, 0) is 0 Å². The number of hydrogen-bond donors (Lipinski definition) is 0. The van der Waals surface area contributed by atoms with Crippen LogP contribution in [0.5, 0.6) is 0 Å². The normalized spacial score (nSPS) is 15.7. The summed E-state index contributed by atoms with van der Waals surface area (Å²) in [5.41, 5.74) is 1.56. The Morgan fingerprint density at radius 3 is 1.96 bits per heavy atom. The lowest BCUT2D eigenvalue weighted by molar-refractivity contribution is 0.563. The Kier molecular flexibility index (Phi) is 9.87. The van der Waals surface area contributed by atoms with E-state index in [1.807, 2.05) is 0 Å². The molecule has 1 aliphatic carbocycles. The van der Waals surface area contributed by atoms with Gasteiger partial charge in [0.25, 0.3) is 0 Å². The number of rotatable bonds is 14. The van der Waals surface area contributed by atoms with E-state index in [-0.39, 0.29) is 0 Å². The summed E-state index contributed by atoms with van der Waals surface area (Å²) in [6, 6.07) is 11.2. The van der Waals surface area contributed by atoms with Crippen LogP contribution in [0.4, 0.5) is 0 Å². The highest BCUT2D eigenvalue weighted by Gasteiger charge is 2.32. The molecule has 1 atom stereocenters. The van der Waals surface area contributed by atoms with Crippen LogP contribution in [-0.4, -0.2) is 5.75 Å². The third-order valence-corrected chi connectivity index (χ3v) is 6.51. The molecule has 0 amide bonds. The smallest absolute Gasteiger partial charge is 0.0325 e. The van der Waals surface area contributed by atoms with E-state index in [2.05, 4.69) is 49.0 Å². The zero-order valence-corrected chi connectivity index (χ0v) is 16.0. The molecule has 1 aliphatic rings. The highest BCUT2D eigenvalue weighted by Crippen LogP contribution is 2.49. The summed E-state index contributed by atoms with van der Waals surface area (Å²) in [6.07, 6.45) is 17.3. The maximum Gasteiger partial charge on any atom is 0.0325 e. The quantitative estimate of drug-likeness (QED) is 0.313. The Morgan fingerprint density at radius 1 is 0.826 bits per heavy atom.